The van der Waals surface area contributed by atoms with Gasteiger partial charge < -0.3 is 24.6 Å². The smallest absolute Gasteiger partial charge is 0.315 e. The predicted octanol–water partition coefficient (Wildman–Crippen LogP) is 2.38. The molecule has 0 saturated carbocycles. The number of phenolic OH excluding ortho intramolecular Hbond substituents is 1. The third-order valence-electron chi connectivity index (χ3n) is 3.79. The van der Waals surface area contributed by atoms with E-state index < -0.39 is 6.48 Å². The van der Waals surface area contributed by atoms with Crippen molar-refractivity contribution in [2.24, 2.45) is 0 Å². The topological polar surface area (TPSA) is 77.0 Å². The number of rotatable bonds is 10. The molecule has 2 rings (SSSR count). The summed E-state index contributed by atoms with van der Waals surface area (Å²) in [6.07, 6.45) is 2.25. The number of benzene rings is 2. The van der Waals surface area contributed by atoms with Crippen molar-refractivity contribution >= 4 is 6.41 Å². The molecule has 0 atom stereocenters. The van der Waals surface area contributed by atoms with Crippen LogP contribution in [0.2, 0.25) is 0 Å². The van der Waals surface area contributed by atoms with Crippen LogP contribution in [0.4, 0.5) is 0 Å². The van der Waals surface area contributed by atoms with Gasteiger partial charge in [-0.3, -0.25) is 4.79 Å². The third kappa shape index (κ3) is 5.77. The normalized spacial score (nSPS) is 10.7. The molecule has 0 aromatic heterocycles. The van der Waals surface area contributed by atoms with Crippen LogP contribution < -0.4 is 10.1 Å². The van der Waals surface area contributed by atoms with Crippen LogP contribution in [-0.2, 0) is 33.7 Å². The molecule has 134 valence electrons. The van der Waals surface area contributed by atoms with Crippen molar-refractivity contribution in [1.82, 2.24) is 5.32 Å². The van der Waals surface area contributed by atoms with E-state index >= 15 is 0 Å². The van der Waals surface area contributed by atoms with Crippen LogP contribution in [0, 0.1) is 0 Å². The van der Waals surface area contributed by atoms with E-state index in [1.54, 1.807) is 12.1 Å². The maximum Gasteiger partial charge on any atom is 0.315 e. The number of hydrogen-bond donors (Lipinski definition) is 2. The van der Waals surface area contributed by atoms with Gasteiger partial charge in [0.15, 0.2) is 0 Å². The molecular formula is C19H23NO5. The Balaban J connectivity index is 2.14. The lowest BCUT2D eigenvalue weighted by molar-refractivity contribution is -0.219. The third-order valence-corrected chi connectivity index (χ3v) is 3.79. The van der Waals surface area contributed by atoms with Gasteiger partial charge in [-0.25, -0.2) is 0 Å². The number of amides is 1. The van der Waals surface area contributed by atoms with Gasteiger partial charge in [0.25, 0.3) is 0 Å². The summed E-state index contributed by atoms with van der Waals surface area (Å²) in [4.78, 5) is 10.6. The summed E-state index contributed by atoms with van der Waals surface area (Å²) in [6.45, 7) is -0.323. The first-order valence-corrected chi connectivity index (χ1v) is 7.95. The van der Waals surface area contributed by atoms with Crippen molar-refractivity contribution in [3.63, 3.8) is 0 Å². The molecular weight excluding hydrogens is 322 g/mol. The molecule has 0 aliphatic rings. The van der Waals surface area contributed by atoms with Crippen molar-refractivity contribution in [2.45, 2.75) is 25.9 Å². The Kier molecular flexibility index (Phi) is 7.25. The van der Waals surface area contributed by atoms with Crippen molar-refractivity contribution in [1.29, 1.82) is 0 Å². The molecule has 0 saturated heterocycles. The number of aromatic hydroxyl groups is 1. The highest BCUT2D eigenvalue weighted by atomic mass is 16.8. The Morgan fingerprint density at radius 2 is 1.76 bits per heavy atom. The highest BCUT2D eigenvalue weighted by molar-refractivity contribution is 5.47. The van der Waals surface area contributed by atoms with Crippen LogP contribution >= 0.6 is 0 Å². The zero-order valence-electron chi connectivity index (χ0n) is 14.4. The van der Waals surface area contributed by atoms with Gasteiger partial charge in [0.1, 0.15) is 11.5 Å². The standard InChI is InChI=1S/C19H23NO5/c1-23-19(24-2)25-18-10-7-16(12-20-13-21)15(11-18)6-3-14-4-8-17(22)9-5-14/h4-5,7-11,13,19,22H,3,6,12H2,1-2H3,(H,20,21). The van der Waals surface area contributed by atoms with Gasteiger partial charge >= 0.3 is 6.48 Å². The number of phenols is 1. The minimum Gasteiger partial charge on any atom is -0.508 e. The van der Waals surface area contributed by atoms with Crippen molar-refractivity contribution in [3.05, 3.63) is 59.2 Å². The predicted molar refractivity (Wildman–Crippen MR) is 93.3 cm³/mol. The van der Waals surface area contributed by atoms with E-state index in [0.29, 0.717) is 18.7 Å². The average molecular weight is 345 g/mol. The van der Waals surface area contributed by atoms with Gasteiger partial charge in [0.2, 0.25) is 6.41 Å². The van der Waals surface area contributed by atoms with Crippen LogP contribution in [0.25, 0.3) is 0 Å². The first kappa shape index (κ1) is 18.8. The van der Waals surface area contributed by atoms with Gasteiger partial charge in [-0.05, 0) is 53.8 Å². The zero-order chi connectivity index (χ0) is 18.1. The van der Waals surface area contributed by atoms with Gasteiger partial charge in [-0.1, -0.05) is 18.2 Å². The lowest BCUT2D eigenvalue weighted by Gasteiger charge is -2.17. The molecule has 1 amide bonds. The molecule has 0 fully saturated rings. The van der Waals surface area contributed by atoms with Gasteiger partial charge in [0, 0.05) is 20.8 Å². The van der Waals surface area contributed by atoms with Gasteiger partial charge in [0.05, 0.1) is 0 Å². The Bertz CT molecular complexity index is 668. The highest BCUT2D eigenvalue weighted by Gasteiger charge is 2.10. The molecule has 2 aromatic rings. The van der Waals surface area contributed by atoms with Crippen LogP contribution in [0.3, 0.4) is 0 Å². The summed E-state index contributed by atoms with van der Waals surface area (Å²) < 4.78 is 15.7. The molecule has 0 spiro atoms. The minimum absolute atomic E-state index is 0.250. The number of aryl methyl sites for hydroxylation is 2. The SMILES string of the molecule is COC(OC)Oc1ccc(CNC=O)c(CCc2ccc(O)cc2)c1. The van der Waals surface area contributed by atoms with E-state index in [-0.39, 0.29) is 5.75 Å². The molecule has 0 aliphatic heterocycles. The Hall–Kier alpha value is -2.57. The second kappa shape index (κ2) is 9.66. The van der Waals surface area contributed by atoms with E-state index in [0.717, 1.165) is 29.5 Å². The summed E-state index contributed by atoms with van der Waals surface area (Å²) >= 11 is 0. The lowest BCUT2D eigenvalue weighted by Crippen LogP contribution is -2.21. The van der Waals surface area contributed by atoms with E-state index in [1.807, 2.05) is 30.3 Å². The molecule has 0 unspecified atom stereocenters. The first-order chi connectivity index (χ1) is 12.2. The van der Waals surface area contributed by atoms with E-state index in [4.69, 9.17) is 14.2 Å². The van der Waals surface area contributed by atoms with E-state index in [1.165, 1.54) is 14.2 Å². The van der Waals surface area contributed by atoms with Crippen LogP contribution in [0.5, 0.6) is 11.5 Å². The van der Waals surface area contributed by atoms with Crippen LogP contribution in [0.15, 0.2) is 42.5 Å². The summed E-state index contributed by atoms with van der Waals surface area (Å²) in [7, 11) is 3.00. The molecule has 6 nitrogen and oxygen atoms in total. The summed E-state index contributed by atoms with van der Waals surface area (Å²) in [6, 6.07) is 12.8. The molecule has 6 heteroatoms. The largest absolute Gasteiger partial charge is 0.508 e. The quantitative estimate of drug-likeness (QED) is 0.511. The second-order valence-corrected chi connectivity index (χ2v) is 5.47. The maximum absolute atomic E-state index is 10.6. The maximum atomic E-state index is 10.6. The monoisotopic (exact) mass is 345 g/mol. The molecule has 25 heavy (non-hydrogen) atoms. The fourth-order valence-electron chi connectivity index (χ4n) is 2.48. The van der Waals surface area contributed by atoms with Gasteiger partial charge in [-0.15, -0.1) is 0 Å². The second-order valence-electron chi connectivity index (χ2n) is 5.47. The molecule has 2 aromatic carbocycles. The highest BCUT2D eigenvalue weighted by Crippen LogP contribution is 2.22. The molecule has 0 radical (unpaired) electrons. The van der Waals surface area contributed by atoms with Crippen LogP contribution in [-0.4, -0.2) is 32.2 Å². The van der Waals surface area contributed by atoms with Gasteiger partial charge in [-0.2, -0.15) is 0 Å². The number of methoxy groups -OCH3 is 2. The molecule has 0 bridgehead atoms. The number of carbonyl (C=O) groups excluding carboxylic acids is 1. The zero-order valence-corrected chi connectivity index (χ0v) is 14.4. The number of ether oxygens (including phenoxy) is 3. The lowest BCUT2D eigenvalue weighted by atomic mass is 9.99. The average Bonchev–Trinajstić information content (AvgIpc) is 2.64. The first-order valence-electron chi connectivity index (χ1n) is 7.95. The molecule has 2 N–H and O–H groups in total. The number of nitrogens with one attached hydrogen (secondary N) is 1. The summed E-state index contributed by atoms with van der Waals surface area (Å²) in [5.74, 6) is 0.879. The number of hydrogen-bond acceptors (Lipinski definition) is 5. The van der Waals surface area contributed by atoms with Crippen molar-refractivity contribution in [2.75, 3.05) is 14.2 Å². The minimum atomic E-state index is -0.774. The van der Waals surface area contributed by atoms with Crippen molar-refractivity contribution < 1.29 is 24.1 Å². The number of carbonyl (C=O) groups is 1. The molecule has 0 aliphatic carbocycles. The van der Waals surface area contributed by atoms with Crippen molar-refractivity contribution in [3.8, 4) is 11.5 Å². The Morgan fingerprint density at radius 1 is 1.04 bits per heavy atom. The van der Waals surface area contributed by atoms with Crippen LogP contribution in [0.1, 0.15) is 16.7 Å². The Labute approximate surface area is 147 Å². The fourth-order valence-corrected chi connectivity index (χ4v) is 2.48. The summed E-state index contributed by atoms with van der Waals surface area (Å²) in [5.41, 5.74) is 3.19. The summed E-state index contributed by atoms with van der Waals surface area (Å²) in [5, 5.41) is 12.1. The fraction of sp³-hybridized carbons (Fsp3) is 0.316. The Morgan fingerprint density at radius 3 is 2.40 bits per heavy atom. The molecule has 0 heterocycles. The van der Waals surface area contributed by atoms with E-state index in [9.17, 15) is 9.90 Å². The van der Waals surface area contributed by atoms with E-state index in [2.05, 4.69) is 5.32 Å².